The molecule has 0 spiro atoms. The fourth-order valence-electron chi connectivity index (χ4n) is 7.55. The summed E-state index contributed by atoms with van der Waals surface area (Å²) in [4.78, 5) is 41.2. The molecule has 0 amide bonds. The molecule has 0 aromatic carbocycles. The van der Waals surface area contributed by atoms with Gasteiger partial charge in [-0.2, -0.15) is 0 Å². The van der Waals surface area contributed by atoms with Crippen molar-refractivity contribution in [3.05, 3.63) is 158 Å². The Morgan fingerprint density at radius 1 is 0.207 bits per heavy atom. The van der Waals surface area contributed by atoms with E-state index in [1.807, 2.05) is 0 Å². The number of aliphatic carboxylic acids is 4. The first-order valence-electron chi connectivity index (χ1n) is 32.4. The molecule has 466 valence electrons. The smallest absolute Gasteiger partial charge is 0.303 e. The summed E-state index contributed by atoms with van der Waals surface area (Å²) in [5, 5.41) is 34.0. The van der Waals surface area contributed by atoms with E-state index < -0.39 is 23.9 Å². The topological polar surface area (TPSA) is 149 Å². The Hall–Kier alpha value is -5.50. The Labute approximate surface area is 503 Å². The predicted octanol–water partition coefficient (Wildman–Crippen LogP) is 23.2. The lowest BCUT2D eigenvalue weighted by Gasteiger charge is -1.98. The lowest BCUT2D eigenvalue weighted by molar-refractivity contribution is -0.138. The number of rotatable bonds is 53. The normalized spacial score (nSPS) is 12.1. The predicted molar refractivity (Wildman–Crippen MR) is 357 cm³/mol. The molecule has 0 aliphatic carbocycles. The zero-order chi connectivity index (χ0) is 61.0. The molecule has 0 fully saturated rings. The highest BCUT2D eigenvalue weighted by atomic mass is 16.4. The van der Waals surface area contributed by atoms with E-state index in [0.717, 1.165) is 148 Å². The first-order chi connectivity index (χ1) is 40.1. The van der Waals surface area contributed by atoms with Crippen molar-refractivity contribution in [2.24, 2.45) is 0 Å². The molecule has 0 radical (unpaired) electrons. The van der Waals surface area contributed by atoms with E-state index in [1.165, 1.54) is 83.5 Å². The first kappa shape index (κ1) is 83.0. The molecule has 0 aliphatic heterocycles. The van der Waals surface area contributed by atoms with Gasteiger partial charge in [0.15, 0.2) is 0 Å². The zero-order valence-electron chi connectivity index (χ0n) is 52.7. The summed E-state index contributed by atoms with van der Waals surface area (Å²) in [6.07, 6.45) is 97.4. The van der Waals surface area contributed by atoms with E-state index in [-0.39, 0.29) is 6.42 Å². The first-order valence-corrected chi connectivity index (χ1v) is 32.4. The summed E-state index contributed by atoms with van der Waals surface area (Å²) in [7, 11) is 0. The second-order valence-electron chi connectivity index (χ2n) is 20.4. The van der Waals surface area contributed by atoms with Crippen LogP contribution >= 0.6 is 0 Å². The third kappa shape index (κ3) is 96.7. The van der Waals surface area contributed by atoms with Gasteiger partial charge in [0.25, 0.3) is 0 Å². The maximum absolute atomic E-state index is 10.3. The van der Waals surface area contributed by atoms with Gasteiger partial charge in [-0.05, 0) is 167 Å². The zero-order valence-corrected chi connectivity index (χ0v) is 52.7. The molecular weight excluding hydrogens is 1020 g/mol. The van der Waals surface area contributed by atoms with Crippen molar-refractivity contribution in [3.8, 4) is 0 Å². The molecule has 0 bridgehead atoms. The standard InChI is InChI=1S/C20H30O2.C18H32O2.2C18H30O2/c1-2-3-4-5-6-7-8-9-10-11-12-13-14-15-16-17-18-19-20(21)22;3*1-2-3-4-5-6-7-8-9-10-11-12-13-14-15-16-17-18(19)20/h3-4,6-7,9-10,12-13,15-16H,2,5,8,11,14,17-19H2,1H3,(H,21,22);6-7,9-10H,2-5,8,11-17H2,1H3,(H,19,20);6-7,9-10,12-13H,2-5,8,11,14-17H2,1H3,(H,19,20);3-4,6-7,9-10H,2,5,8,11-17H2,1H3,(H,19,20)/b4-3-,7-6-,10-9-,13-12-,16-15-;7-6-,10-9-;7-6-,10-9-,13-12-;4-3-,7-6-,10-9-. The van der Waals surface area contributed by atoms with Crippen LogP contribution in [0.1, 0.15) is 285 Å². The highest BCUT2D eigenvalue weighted by Gasteiger charge is 1.98. The molecule has 0 aromatic rings. The molecule has 0 aliphatic rings. The molecular formula is C74H122O8. The SMILES string of the molecule is CC/C=C\C/C=C\C/C=C\C/C=C\C/C=C\CCCC(=O)O.CC/C=C\C/C=C\C/C=C\CCCCCCCC(=O)O.CCCCC/C=C\C/C=C\C/C=C\CCCCC(=O)O.CCCCC/C=C\C/C=C\CCCCCCCC(=O)O. The Balaban J connectivity index is -0.000000495. The molecule has 0 saturated heterocycles. The summed E-state index contributed by atoms with van der Waals surface area (Å²) in [6.45, 7) is 8.76. The van der Waals surface area contributed by atoms with Crippen LogP contribution in [-0.2, 0) is 19.2 Å². The van der Waals surface area contributed by atoms with E-state index in [9.17, 15) is 19.2 Å². The van der Waals surface area contributed by atoms with Crippen LogP contribution in [0.25, 0.3) is 0 Å². The highest BCUT2D eigenvalue weighted by molar-refractivity contribution is 5.67. The highest BCUT2D eigenvalue weighted by Crippen LogP contribution is 2.10. The van der Waals surface area contributed by atoms with Crippen LogP contribution in [0.5, 0.6) is 0 Å². The third-order valence-corrected chi connectivity index (χ3v) is 12.3. The molecule has 82 heavy (non-hydrogen) atoms. The van der Waals surface area contributed by atoms with Gasteiger partial charge in [-0.3, -0.25) is 19.2 Å². The number of carbonyl (C=O) groups is 4. The minimum absolute atomic E-state index is 0.258. The maximum Gasteiger partial charge on any atom is 0.303 e. The summed E-state index contributed by atoms with van der Waals surface area (Å²) >= 11 is 0. The van der Waals surface area contributed by atoms with Crippen LogP contribution < -0.4 is 0 Å². The molecule has 8 heteroatoms. The number of allylic oxidation sites excluding steroid dienone is 26. The van der Waals surface area contributed by atoms with Crippen LogP contribution in [0.3, 0.4) is 0 Å². The Kier molecular flexibility index (Phi) is 80.7. The van der Waals surface area contributed by atoms with Gasteiger partial charge in [-0.15, -0.1) is 0 Å². The summed E-state index contributed by atoms with van der Waals surface area (Å²) in [5.74, 6) is -2.76. The van der Waals surface area contributed by atoms with Crippen molar-refractivity contribution in [1.82, 2.24) is 0 Å². The van der Waals surface area contributed by atoms with Crippen molar-refractivity contribution in [1.29, 1.82) is 0 Å². The van der Waals surface area contributed by atoms with Crippen LogP contribution in [0, 0.1) is 0 Å². The summed E-state index contributed by atoms with van der Waals surface area (Å²) in [6, 6.07) is 0. The van der Waals surface area contributed by atoms with E-state index >= 15 is 0 Å². The van der Waals surface area contributed by atoms with E-state index in [1.54, 1.807) is 0 Å². The Bertz CT molecular complexity index is 1780. The lowest BCUT2D eigenvalue weighted by Crippen LogP contribution is -1.93. The van der Waals surface area contributed by atoms with Crippen LogP contribution in [0.4, 0.5) is 0 Å². The number of hydrogen-bond donors (Lipinski definition) is 4. The van der Waals surface area contributed by atoms with Crippen molar-refractivity contribution in [2.75, 3.05) is 0 Å². The maximum atomic E-state index is 10.3. The molecule has 0 aromatic heterocycles. The fraction of sp³-hybridized carbons (Fsp3) is 0.595. The minimum atomic E-state index is -0.715. The molecule has 0 saturated carbocycles. The summed E-state index contributed by atoms with van der Waals surface area (Å²) < 4.78 is 0. The van der Waals surface area contributed by atoms with Crippen LogP contribution in [0.15, 0.2) is 158 Å². The van der Waals surface area contributed by atoms with Crippen LogP contribution in [0.2, 0.25) is 0 Å². The largest absolute Gasteiger partial charge is 0.481 e. The molecule has 0 heterocycles. The quantitative estimate of drug-likeness (QED) is 0.0347. The minimum Gasteiger partial charge on any atom is -0.481 e. The summed E-state index contributed by atoms with van der Waals surface area (Å²) in [5.41, 5.74) is 0. The molecule has 0 unspecified atom stereocenters. The van der Waals surface area contributed by atoms with Gasteiger partial charge in [-0.1, -0.05) is 250 Å². The lowest BCUT2D eigenvalue weighted by atomic mass is 10.1. The van der Waals surface area contributed by atoms with Gasteiger partial charge in [0, 0.05) is 25.7 Å². The average molecular weight is 1140 g/mol. The van der Waals surface area contributed by atoms with E-state index in [2.05, 4.69) is 186 Å². The van der Waals surface area contributed by atoms with Crippen molar-refractivity contribution in [3.63, 3.8) is 0 Å². The Morgan fingerprint density at radius 2 is 0.378 bits per heavy atom. The molecule has 0 rings (SSSR count). The average Bonchev–Trinajstić information content (AvgIpc) is 3.45. The van der Waals surface area contributed by atoms with Crippen LogP contribution in [-0.4, -0.2) is 44.3 Å². The second-order valence-corrected chi connectivity index (χ2v) is 20.4. The Morgan fingerprint density at radius 3 is 0.622 bits per heavy atom. The monoisotopic (exact) mass is 1140 g/mol. The second kappa shape index (κ2) is 79.7. The van der Waals surface area contributed by atoms with E-state index in [0.29, 0.717) is 19.3 Å². The van der Waals surface area contributed by atoms with Crippen molar-refractivity contribution < 1.29 is 39.6 Å². The van der Waals surface area contributed by atoms with Gasteiger partial charge in [0.1, 0.15) is 0 Å². The number of carboxylic acid groups (broad SMARTS) is 4. The molecule has 4 N–H and O–H groups in total. The van der Waals surface area contributed by atoms with Gasteiger partial charge in [-0.25, -0.2) is 0 Å². The van der Waals surface area contributed by atoms with Gasteiger partial charge in [0.2, 0.25) is 0 Å². The number of hydrogen-bond acceptors (Lipinski definition) is 4. The van der Waals surface area contributed by atoms with Crippen molar-refractivity contribution >= 4 is 23.9 Å². The van der Waals surface area contributed by atoms with Gasteiger partial charge < -0.3 is 20.4 Å². The van der Waals surface area contributed by atoms with Gasteiger partial charge in [0.05, 0.1) is 0 Å². The molecule has 0 atom stereocenters. The van der Waals surface area contributed by atoms with E-state index in [4.69, 9.17) is 20.4 Å². The molecule has 8 nitrogen and oxygen atoms in total. The third-order valence-electron chi connectivity index (χ3n) is 12.3. The number of unbranched alkanes of at least 4 members (excludes halogenated alkanes) is 19. The number of carboxylic acids is 4. The van der Waals surface area contributed by atoms with Gasteiger partial charge >= 0.3 is 23.9 Å². The van der Waals surface area contributed by atoms with Crippen molar-refractivity contribution in [2.45, 2.75) is 285 Å². The fourth-order valence-corrected chi connectivity index (χ4v) is 7.55.